The SMILES string of the molecule is Cn1nc(-c2ccc(Cl)cc2)nc1C1=C(O)C(C)(C2CC2)NC1=O. The Bertz CT molecular complexity index is 867. The Balaban J connectivity index is 1.78. The number of hydrogen-bond donors (Lipinski definition) is 2. The van der Waals surface area contributed by atoms with Gasteiger partial charge >= 0.3 is 0 Å². The minimum atomic E-state index is -0.696. The summed E-state index contributed by atoms with van der Waals surface area (Å²) < 4.78 is 1.52. The third kappa shape index (κ3) is 2.21. The number of amides is 1. The highest BCUT2D eigenvalue weighted by Crippen LogP contribution is 2.47. The lowest BCUT2D eigenvalue weighted by Crippen LogP contribution is -2.43. The van der Waals surface area contributed by atoms with Crippen LogP contribution in [0.1, 0.15) is 25.6 Å². The van der Waals surface area contributed by atoms with E-state index in [2.05, 4.69) is 15.4 Å². The van der Waals surface area contributed by atoms with Crippen molar-refractivity contribution in [2.75, 3.05) is 0 Å². The third-order valence-corrected chi connectivity index (χ3v) is 5.06. The standard InChI is InChI=1S/C17H17ClN4O2/c1-17(10-5-6-10)13(23)12(16(24)20-17)15-19-14(21-22(15)2)9-3-7-11(18)8-4-9/h3-4,7-8,10,23H,5-6H2,1-2H3,(H,20,24). The molecule has 0 radical (unpaired) electrons. The van der Waals surface area contributed by atoms with Crippen LogP contribution >= 0.6 is 11.6 Å². The van der Waals surface area contributed by atoms with Crippen LogP contribution in [0.15, 0.2) is 30.0 Å². The zero-order valence-corrected chi connectivity index (χ0v) is 14.1. The molecule has 4 rings (SSSR count). The molecule has 1 saturated carbocycles. The van der Waals surface area contributed by atoms with E-state index in [0.717, 1.165) is 18.4 Å². The molecule has 24 heavy (non-hydrogen) atoms. The number of aromatic nitrogens is 3. The second-order valence-corrected chi connectivity index (χ2v) is 6.98. The molecule has 0 bridgehead atoms. The first kappa shape index (κ1) is 15.2. The van der Waals surface area contributed by atoms with Gasteiger partial charge < -0.3 is 10.4 Å². The average molecular weight is 345 g/mol. The summed E-state index contributed by atoms with van der Waals surface area (Å²) in [6.07, 6.45) is 2.01. The second kappa shape index (κ2) is 5.08. The number of carbonyl (C=O) groups is 1. The van der Waals surface area contributed by atoms with Crippen LogP contribution in [0.5, 0.6) is 0 Å². The van der Waals surface area contributed by atoms with E-state index in [1.54, 1.807) is 19.2 Å². The fourth-order valence-electron chi connectivity index (χ4n) is 3.21. The van der Waals surface area contributed by atoms with Crippen LogP contribution < -0.4 is 5.32 Å². The van der Waals surface area contributed by atoms with Gasteiger partial charge in [0.1, 0.15) is 11.3 Å². The van der Waals surface area contributed by atoms with Crippen LogP contribution in [0.25, 0.3) is 17.0 Å². The van der Waals surface area contributed by atoms with Crippen molar-refractivity contribution in [1.29, 1.82) is 0 Å². The first-order valence-electron chi connectivity index (χ1n) is 7.83. The number of aliphatic hydroxyl groups excluding tert-OH is 1. The summed E-state index contributed by atoms with van der Waals surface area (Å²) in [7, 11) is 1.71. The molecule has 0 spiro atoms. The van der Waals surface area contributed by atoms with Gasteiger partial charge in [0, 0.05) is 17.6 Å². The molecular formula is C17H17ClN4O2. The third-order valence-electron chi connectivity index (χ3n) is 4.81. The molecule has 7 heteroatoms. The number of aryl methyl sites for hydroxylation is 1. The lowest BCUT2D eigenvalue weighted by Gasteiger charge is -2.24. The monoisotopic (exact) mass is 344 g/mol. The number of halogens is 1. The molecule has 124 valence electrons. The van der Waals surface area contributed by atoms with Gasteiger partial charge in [-0.05, 0) is 49.9 Å². The normalized spacial score (nSPS) is 23.7. The van der Waals surface area contributed by atoms with Gasteiger partial charge in [-0.25, -0.2) is 9.67 Å². The van der Waals surface area contributed by atoms with Crippen LogP contribution in [0.3, 0.4) is 0 Å². The molecule has 2 aliphatic rings. The van der Waals surface area contributed by atoms with E-state index in [9.17, 15) is 9.90 Å². The highest BCUT2D eigenvalue weighted by Gasteiger charge is 2.52. The van der Waals surface area contributed by atoms with Crippen molar-refractivity contribution in [2.24, 2.45) is 13.0 Å². The van der Waals surface area contributed by atoms with E-state index in [-0.39, 0.29) is 23.2 Å². The number of rotatable bonds is 3. The Hall–Kier alpha value is -2.34. The molecule has 2 aromatic rings. The molecular weight excluding hydrogens is 328 g/mol. The number of nitrogens with zero attached hydrogens (tertiary/aromatic N) is 3. The molecule has 1 aliphatic carbocycles. The minimum absolute atomic E-state index is 0.0631. The zero-order valence-electron chi connectivity index (χ0n) is 13.4. The van der Waals surface area contributed by atoms with Crippen molar-refractivity contribution >= 4 is 23.1 Å². The minimum Gasteiger partial charge on any atom is -0.509 e. The first-order valence-corrected chi connectivity index (χ1v) is 8.21. The van der Waals surface area contributed by atoms with Crippen molar-refractivity contribution in [3.05, 3.63) is 40.9 Å². The van der Waals surface area contributed by atoms with E-state index >= 15 is 0 Å². The quantitative estimate of drug-likeness (QED) is 0.897. The van der Waals surface area contributed by atoms with Gasteiger partial charge in [-0.3, -0.25) is 4.79 Å². The predicted molar refractivity (Wildman–Crippen MR) is 90.3 cm³/mol. The summed E-state index contributed by atoms with van der Waals surface area (Å²) in [5, 5.41) is 18.6. The number of hydrogen-bond acceptors (Lipinski definition) is 4. The van der Waals surface area contributed by atoms with Gasteiger partial charge in [-0.15, -0.1) is 0 Å². The largest absolute Gasteiger partial charge is 0.509 e. The first-order chi connectivity index (χ1) is 11.4. The molecule has 1 aromatic carbocycles. The Kier molecular flexibility index (Phi) is 3.22. The zero-order chi connectivity index (χ0) is 17.1. The maximum Gasteiger partial charge on any atom is 0.259 e. The molecule has 0 saturated heterocycles. The van der Waals surface area contributed by atoms with Gasteiger partial charge in [0.25, 0.3) is 5.91 Å². The smallest absolute Gasteiger partial charge is 0.259 e. The van der Waals surface area contributed by atoms with Crippen molar-refractivity contribution < 1.29 is 9.90 Å². The van der Waals surface area contributed by atoms with Gasteiger partial charge in [0.2, 0.25) is 0 Å². The van der Waals surface area contributed by atoms with E-state index in [1.165, 1.54) is 4.68 Å². The van der Waals surface area contributed by atoms with Gasteiger partial charge in [0.15, 0.2) is 11.6 Å². The second-order valence-electron chi connectivity index (χ2n) is 6.54. The van der Waals surface area contributed by atoms with Crippen LogP contribution in [-0.4, -0.2) is 31.3 Å². The number of nitrogens with one attached hydrogen (secondary N) is 1. The molecule has 1 fully saturated rings. The van der Waals surface area contributed by atoms with E-state index in [0.29, 0.717) is 16.7 Å². The van der Waals surface area contributed by atoms with Crippen molar-refractivity contribution in [2.45, 2.75) is 25.3 Å². The van der Waals surface area contributed by atoms with E-state index < -0.39 is 5.54 Å². The lowest BCUT2D eigenvalue weighted by atomic mass is 9.94. The Morgan fingerprint density at radius 3 is 2.62 bits per heavy atom. The van der Waals surface area contributed by atoms with Crippen molar-refractivity contribution in [3.8, 4) is 11.4 Å². The van der Waals surface area contributed by atoms with E-state index in [4.69, 9.17) is 11.6 Å². The predicted octanol–water partition coefficient (Wildman–Crippen LogP) is 2.70. The maximum absolute atomic E-state index is 12.4. The Morgan fingerprint density at radius 1 is 1.33 bits per heavy atom. The van der Waals surface area contributed by atoms with Crippen LogP contribution in [0, 0.1) is 5.92 Å². The Labute approximate surface area is 144 Å². The molecule has 2 heterocycles. The maximum atomic E-state index is 12.4. The average Bonchev–Trinajstić information content (AvgIpc) is 3.29. The summed E-state index contributed by atoms with van der Waals surface area (Å²) >= 11 is 5.90. The fraction of sp³-hybridized carbons (Fsp3) is 0.353. The highest BCUT2D eigenvalue weighted by molar-refractivity contribution is 6.30. The number of benzene rings is 1. The van der Waals surface area contributed by atoms with Crippen LogP contribution in [0.4, 0.5) is 0 Å². The van der Waals surface area contributed by atoms with Crippen LogP contribution in [-0.2, 0) is 11.8 Å². The van der Waals surface area contributed by atoms with Gasteiger partial charge in [0.05, 0.1) is 5.54 Å². The molecule has 1 unspecified atom stereocenters. The fourth-order valence-corrected chi connectivity index (χ4v) is 3.34. The van der Waals surface area contributed by atoms with Crippen molar-refractivity contribution in [3.63, 3.8) is 0 Å². The molecule has 1 amide bonds. The molecule has 2 N–H and O–H groups in total. The molecule has 1 aliphatic heterocycles. The lowest BCUT2D eigenvalue weighted by molar-refractivity contribution is -0.116. The molecule has 1 atom stereocenters. The van der Waals surface area contributed by atoms with Crippen LogP contribution in [0.2, 0.25) is 5.02 Å². The van der Waals surface area contributed by atoms with E-state index in [1.807, 2.05) is 19.1 Å². The summed E-state index contributed by atoms with van der Waals surface area (Å²) in [6, 6.07) is 7.16. The van der Waals surface area contributed by atoms with Gasteiger partial charge in [-0.2, -0.15) is 5.10 Å². The summed E-state index contributed by atoms with van der Waals surface area (Å²) in [4.78, 5) is 16.9. The summed E-state index contributed by atoms with van der Waals surface area (Å²) in [5.74, 6) is 0.882. The number of carbonyl (C=O) groups excluding carboxylic acids is 1. The van der Waals surface area contributed by atoms with Gasteiger partial charge in [-0.1, -0.05) is 11.6 Å². The highest BCUT2D eigenvalue weighted by atomic mass is 35.5. The number of aliphatic hydroxyl groups is 1. The summed E-state index contributed by atoms with van der Waals surface area (Å²) in [5.41, 5.74) is 0.308. The Morgan fingerprint density at radius 2 is 2.00 bits per heavy atom. The molecule has 6 nitrogen and oxygen atoms in total. The molecule has 1 aromatic heterocycles. The topological polar surface area (TPSA) is 80.0 Å². The summed E-state index contributed by atoms with van der Waals surface area (Å²) in [6.45, 7) is 1.86. The van der Waals surface area contributed by atoms with Crippen molar-refractivity contribution in [1.82, 2.24) is 20.1 Å².